The first-order valence-corrected chi connectivity index (χ1v) is 4.77. The van der Waals surface area contributed by atoms with Crippen molar-refractivity contribution in [3.05, 3.63) is 18.3 Å². The van der Waals surface area contributed by atoms with Crippen molar-refractivity contribution in [1.82, 2.24) is 20.0 Å². The minimum absolute atomic E-state index is 0.101. The van der Waals surface area contributed by atoms with Crippen molar-refractivity contribution in [3.8, 4) is 0 Å². The van der Waals surface area contributed by atoms with Crippen LogP contribution in [-0.2, 0) is 4.79 Å². The molecule has 0 radical (unpaired) electrons. The van der Waals surface area contributed by atoms with Gasteiger partial charge in [0.05, 0.1) is 18.3 Å². The number of anilines is 1. The Morgan fingerprint density at radius 2 is 2.38 bits per heavy atom. The molecule has 0 aromatic carbocycles. The highest BCUT2D eigenvalue weighted by molar-refractivity contribution is 5.67. The summed E-state index contributed by atoms with van der Waals surface area (Å²) in [7, 11) is 1.83. The van der Waals surface area contributed by atoms with Crippen LogP contribution in [0.4, 0.5) is 5.69 Å². The number of fused-ring (bicyclic) bond motifs is 1. The number of nitrogens with zero attached hydrogens (tertiary/aromatic N) is 5. The van der Waals surface area contributed by atoms with Gasteiger partial charge < -0.3 is 10.0 Å². The number of hydrogen-bond acceptors (Lipinski definition) is 5. The highest BCUT2D eigenvalue weighted by atomic mass is 16.4. The third-order valence-electron chi connectivity index (χ3n) is 2.28. The Labute approximate surface area is 91.3 Å². The molecular weight excluding hydrogens is 210 g/mol. The van der Waals surface area contributed by atoms with E-state index in [1.807, 2.05) is 18.0 Å². The third-order valence-corrected chi connectivity index (χ3v) is 2.28. The molecule has 0 aliphatic rings. The van der Waals surface area contributed by atoms with Crippen LogP contribution in [0.3, 0.4) is 0 Å². The van der Waals surface area contributed by atoms with E-state index in [4.69, 9.17) is 5.11 Å². The Hall–Kier alpha value is -2.18. The van der Waals surface area contributed by atoms with Crippen molar-refractivity contribution >= 4 is 17.3 Å². The summed E-state index contributed by atoms with van der Waals surface area (Å²) in [5.74, 6) is -0.810. The van der Waals surface area contributed by atoms with Crippen molar-refractivity contribution in [2.75, 3.05) is 18.5 Å². The molecule has 0 aliphatic heterocycles. The van der Waals surface area contributed by atoms with Crippen LogP contribution in [-0.4, -0.2) is 44.7 Å². The minimum atomic E-state index is -0.810. The third kappa shape index (κ3) is 2.08. The summed E-state index contributed by atoms with van der Waals surface area (Å²) in [5, 5.41) is 19.7. The molecule has 84 valence electrons. The molecule has 0 aliphatic carbocycles. The monoisotopic (exact) mass is 221 g/mol. The molecule has 7 heteroatoms. The fourth-order valence-corrected chi connectivity index (χ4v) is 1.35. The van der Waals surface area contributed by atoms with Crippen LogP contribution in [0.5, 0.6) is 0 Å². The number of aliphatic carboxylic acids is 1. The lowest BCUT2D eigenvalue weighted by molar-refractivity contribution is -0.136. The molecule has 0 spiro atoms. The van der Waals surface area contributed by atoms with Crippen molar-refractivity contribution in [1.29, 1.82) is 0 Å². The minimum Gasteiger partial charge on any atom is -0.481 e. The Kier molecular flexibility index (Phi) is 2.67. The van der Waals surface area contributed by atoms with Crippen LogP contribution in [0.25, 0.3) is 5.65 Å². The van der Waals surface area contributed by atoms with Gasteiger partial charge in [-0.2, -0.15) is 4.52 Å². The predicted octanol–water partition coefficient (Wildman–Crippen LogP) is 0.0352. The molecule has 0 saturated heterocycles. The number of aromatic nitrogens is 4. The van der Waals surface area contributed by atoms with E-state index in [-0.39, 0.29) is 6.42 Å². The predicted molar refractivity (Wildman–Crippen MR) is 56.3 cm³/mol. The van der Waals surface area contributed by atoms with E-state index < -0.39 is 5.97 Å². The van der Waals surface area contributed by atoms with Crippen LogP contribution < -0.4 is 4.90 Å². The maximum Gasteiger partial charge on any atom is 0.305 e. The first kappa shape index (κ1) is 10.3. The number of tetrazole rings is 1. The summed E-state index contributed by atoms with van der Waals surface area (Å²) in [4.78, 5) is 12.3. The number of carboxylic acids is 1. The van der Waals surface area contributed by atoms with Gasteiger partial charge in [0.1, 0.15) is 0 Å². The van der Waals surface area contributed by atoms with Gasteiger partial charge in [0.25, 0.3) is 0 Å². The lowest BCUT2D eigenvalue weighted by atomic mass is 10.3. The fourth-order valence-electron chi connectivity index (χ4n) is 1.35. The van der Waals surface area contributed by atoms with Crippen LogP contribution in [0.1, 0.15) is 6.42 Å². The molecule has 0 atom stereocenters. The van der Waals surface area contributed by atoms with Gasteiger partial charge in [-0.25, -0.2) is 0 Å². The highest BCUT2D eigenvalue weighted by Gasteiger charge is 2.05. The Bertz CT molecular complexity index is 509. The summed E-state index contributed by atoms with van der Waals surface area (Å²) in [6, 6.07) is 3.64. The fraction of sp³-hybridized carbons (Fsp3) is 0.333. The molecule has 0 saturated carbocycles. The molecule has 2 aromatic heterocycles. The average Bonchev–Trinajstić information content (AvgIpc) is 2.72. The quantitative estimate of drug-likeness (QED) is 0.784. The lowest BCUT2D eigenvalue weighted by Crippen LogP contribution is -2.21. The van der Waals surface area contributed by atoms with E-state index in [1.165, 1.54) is 0 Å². The smallest absolute Gasteiger partial charge is 0.305 e. The molecule has 0 unspecified atom stereocenters. The molecule has 0 fully saturated rings. The molecule has 7 nitrogen and oxygen atoms in total. The zero-order valence-corrected chi connectivity index (χ0v) is 8.74. The van der Waals surface area contributed by atoms with Crippen molar-refractivity contribution in [2.45, 2.75) is 6.42 Å². The molecule has 0 amide bonds. The van der Waals surface area contributed by atoms with Gasteiger partial charge in [-0.3, -0.25) is 4.79 Å². The molecule has 2 heterocycles. The summed E-state index contributed by atoms with van der Waals surface area (Å²) < 4.78 is 1.55. The summed E-state index contributed by atoms with van der Waals surface area (Å²) in [6.45, 7) is 0.447. The number of carboxylic acid groups (broad SMARTS) is 1. The number of pyridine rings is 1. The van der Waals surface area contributed by atoms with E-state index in [2.05, 4.69) is 15.5 Å². The summed E-state index contributed by atoms with van der Waals surface area (Å²) in [6.07, 6.45) is 1.86. The van der Waals surface area contributed by atoms with Crippen LogP contribution in [0, 0.1) is 0 Å². The highest BCUT2D eigenvalue weighted by Crippen LogP contribution is 2.12. The molecule has 1 N–H and O–H groups in total. The Morgan fingerprint density at radius 3 is 3.12 bits per heavy atom. The first-order valence-electron chi connectivity index (χ1n) is 4.77. The van der Waals surface area contributed by atoms with E-state index in [1.54, 1.807) is 16.8 Å². The summed E-state index contributed by atoms with van der Waals surface area (Å²) in [5.41, 5.74) is 1.54. The Morgan fingerprint density at radius 1 is 1.56 bits per heavy atom. The first-order chi connectivity index (χ1) is 7.66. The van der Waals surface area contributed by atoms with Gasteiger partial charge in [-0.05, 0) is 22.6 Å². The maximum atomic E-state index is 10.4. The zero-order chi connectivity index (χ0) is 11.5. The zero-order valence-electron chi connectivity index (χ0n) is 8.74. The number of hydrogen-bond donors (Lipinski definition) is 1. The van der Waals surface area contributed by atoms with Crippen LogP contribution in [0.15, 0.2) is 18.3 Å². The maximum absolute atomic E-state index is 10.4. The van der Waals surface area contributed by atoms with E-state index in [9.17, 15) is 4.79 Å². The standard InChI is InChI=1S/C9H11N5O2/c1-13(5-4-9(15)16)7-2-3-8-10-11-12-14(8)6-7/h2-3,6H,4-5H2,1H3,(H,15,16). The molecular formula is C9H11N5O2. The average molecular weight is 221 g/mol. The Balaban J connectivity index is 2.15. The second-order valence-electron chi connectivity index (χ2n) is 3.43. The van der Waals surface area contributed by atoms with Gasteiger partial charge in [0, 0.05) is 13.6 Å². The van der Waals surface area contributed by atoms with Crippen molar-refractivity contribution in [3.63, 3.8) is 0 Å². The van der Waals surface area contributed by atoms with E-state index >= 15 is 0 Å². The lowest BCUT2D eigenvalue weighted by Gasteiger charge is -2.17. The molecule has 2 rings (SSSR count). The van der Waals surface area contributed by atoms with Crippen molar-refractivity contribution in [2.24, 2.45) is 0 Å². The summed E-state index contributed by atoms with van der Waals surface area (Å²) >= 11 is 0. The van der Waals surface area contributed by atoms with Gasteiger partial charge in [0.2, 0.25) is 0 Å². The van der Waals surface area contributed by atoms with Crippen LogP contribution >= 0.6 is 0 Å². The topological polar surface area (TPSA) is 83.6 Å². The van der Waals surface area contributed by atoms with Crippen LogP contribution in [0.2, 0.25) is 0 Å². The van der Waals surface area contributed by atoms with Crippen molar-refractivity contribution < 1.29 is 9.90 Å². The molecule has 0 bridgehead atoms. The van der Waals surface area contributed by atoms with Gasteiger partial charge in [0.15, 0.2) is 5.65 Å². The molecule has 16 heavy (non-hydrogen) atoms. The van der Waals surface area contributed by atoms with E-state index in [0.29, 0.717) is 12.2 Å². The largest absolute Gasteiger partial charge is 0.481 e. The van der Waals surface area contributed by atoms with Gasteiger partial charge >= 0.3 is 5.97 Å². The number of carbonyl (C=O) groups is 1. The normalized spacial score (nSPS) is 10.6. The number of rotatable bonds is 4. The van der Waals surface area contributed by atoms with E-state index in [0.717, 1.165) is 5.69 Å². The van der Waals surface area contributed by atoms with Gasteiger partial charge in [-0.1, -0.05) is 0 Å². The molecule has 2 aromatic rings. The van der Waals surface area contributed by atoms with Gasteiger partial charge in [-0.15, -0.1) is 5.10 Å². The SMILES string of the molecule is CN(CCC(=O)O)c1ccc2nnnn2c1. The second-order valence-corrected chi connectivity index (χ2v) is 3.43. The second kappa shape index (κ2) is 4.13.